The molecule has 0 amide bonds. The second-order valence-corrected chi connectivity index (χ2v) is 12.6. The van der Waals surface area contributed by atoms with Gasteiger partial charge in [0.25, 0.3) is 7.52 Å². The lowest BCUT2D eigenvalue weighted by Crippen LogP contribution is -2.36. The Kier molecular flexibility index (Phi) is 8.90. The van der Waals surface area contributed by atoms with Crippen molar-refractivity contribution in [2.24, 2.45) is 5.92 Å². The summed E-state index contributed by atoms with van der Waals surface area (Å²) in [6.07, 6.45) is 1.49. The van der Waals surface area contributed by atoms with Gasteiger partial charge in [0.15, 0.2) is 17.0 Å². The average Bonchev–Trinajstić information content (AvgIpc) is 3.45. The molecule has 3 aromatic rings. The number of anilines is 2. The van der Waals surface area contributed by atoms with Crippen LogP contribution in [0.5, 0.6) is 0 Å². The van der Waals surface area contributed by atoms with Gasteiger partial charge in [-0.2, -0.15) is 9.97 Å². The monoisotopic (exact) mass is 559 g/mol. The van der Waals surface area contributed by atoms with Crippen molar-refractivity contribution >= 4 is 36.4 Å². The molecule has 0 saturated carbocycles. The molecule has 1 aliphatic rings. The summed E-state index contributed by atoms with van der Waals surface area (Å²) in [5.74, 6) is 0.380. The summed E-state index contributed by atoms with van der Waals surface area (Å²) in [6, 6.07) is 8.56. The number of aromatic nitrogens is 4. The van der Waals surface area contributed by atoms with Crippen LogP contribution in [-0.4, -0.2) is 64.4 Å². The molecule has 0 bridgehead atoms. The number of esters is 1. The predicted octanol–water partition coefficient (Wildman–Crippen LogP) is 3.74. The number of ether oxygens (including phenoxy) is 2. The zero-order valence-electron chi connectivity index (χ0n) is 23.3. The lowest BCUT2D eigenvalue weighted by Gasteiger charge is -2.25. The molecule has 0 radical (unpaired) electrons. The molecule has 2 aromatic heterocycles. The highest BCUT2D eigenvalue weighted by Gasteiger charge is 2.37. The fraction of sp³-hybridized carbons (Fsp3) is 0.538. The van der Waals surface area contributed by atoms with E-state index in [-0.39, 0.29) is 43.1 Å². The summed E-state index contributed by atoms with van der Waals surface area (Å²) >= 11 is 0. The Morgan fingerprint density at radius 2 is 1.97 bits per heavy atom. The molecular weight excluding hydrogens is 521 g/mol. The maximum absolute atomic E-state index is 14.0. The van der Waals surface area contributed by atoms with Gasteiger partial charge in [-0.25, -0.2) is 10.1 Å². The molecule has 13 heteroatoms. The largest absolute Gasteiger partial charge is 0.462 e. The summed E-state index contributed by atoms with van der Waals surface area (Å²) in [4.78, 5) is 27.5. The number of nitrogens with two attached hydrogens (primary N) is 1. The topological polar surface area (TPSA) is 147 Å². The van der Waals surface area contributed by atoms with Gasteiger partial charge in [0, 0.05) is 20.0 Å². The number of hydrogen-bond donors (Lipinski definition) is 2. The summed E-state index contributed by atoms with van der Waals surface area (Å²) in [5.41, 5.74) is 8.01. The Balaban J connectivity index is 1.49. The smallest absolute Gasteiger partial charge is 0.323 e. The van der Waals surface area contributed by atoms with E-state index in [1.165, 1.54) is 0 Å². The second-order valence-electron chi connectivity index (χ2n) is 10.4. The van der Waals surface area contributed by atoms with E-state index in [1.54, 1.807) is 27.1 Å². The van der Waals surface area contributed by atoms with Crippen molar-refractivity contribution in [1.29, 1.82) is 0 Å². The van der Waals surface area contributed by atoms with Gasteiger partial charge in [-0.1, -0.05) is 37.3 Å². The van der Waals surface area contributed by atoms with Crippen molar-refractivity contribution in [3.05, 3.63) is 42.2 Å². The Morgan fingerprint density at radius 1 is 1.26 bits per heavy atom. The Labute approximate surface area is 228 Å². The maximum Gasteiger partial charge on any atom is 0.323 e. The first-order valence-electron chi connectivity index (χ1n) is 13.0. The zero-order valence-corrected chi connectivity index (χ0v) is 24.2. The van der Waals surface area contributed by atoms with Crippen LogP contribution in [0.25, 0.3) is 11.2 Å². The van der Waals surface area contributed by atoms with Gasteiger partial charge in [-0.05, 0) is 32.8 Å². The lowest BCUT2D eigenvalue weighted by atomic mass is 10.1. The molecule has 12 nitrogen and oxygen atoms in total. The molecule has 1 aliphatic heterocycles. The van der Waals surface area contributed by atoms with E-state index in [1.807, 2.05) is 53.9 Å². The number of nitrogen functional groups attached to an aromatic ring is 1. The van der Waals surface area contributed by atoms with Crippen molar-refractivity contribution < 1.29 is 23.4 Å². The van der Waals surface area contributed by atoms with Crippen LogP contribution in [0.2, 0.25) is 0 Å². The Bertz CT molecular complexity index is 1330. The lowest BCUT2D eigenvalue weighted by molar-refractivity contribution is -0.149. The maximum atomic E-state index is 14.0. The summed E-state index contributed by atoms with van der Waals surface area (Å²) in [7, 11) is 0.234. The molecular formula is C26H38N7O5P. The number of imidazole rings is 1. The van der Waals surface area contributed by atoms with Crippen LogP contribution in [-0.2, 0) is 29.5 Å². The highest BCUT2D eigenvalue weighted by molar-refractivity contribution is 7.56. The van der Waals surface area contributed by atoms with Crippen LogP contribution in [0.4, 0.5) is 11.8 Å². The van der Waals surface area contributed by atoms with Crippen LogP contribution in [0, 0.1) is 5.92 Å². The first-order valence-corrected chi connectivity index (χ1v) is 14.9. The summed E-state index contributed by atoms with van der Waals surface area (Å²) in [6.45, 7) is 7.31. The second kappa shape index (κ2) is 12.0. The third-order valence-electron chi connectivity index (χ3n) is 6.37. The minimum Gasteiger partial charge on any atom is -0.462 e. The molecule has 1 unspecified atom stereocenters. The number of carbonyl (C=O) groups is 1. The number of rotatable bonds is 11. The van der Waals surface area contributed by atoms with Crippen molar-refractivity contribution in [1.82, 2.24) is 24.6 Å². The standard InChI is InChI=1S/C26H38N7O5P/c1-16(2)37-25(34)18(4)31-39(35,14-19-10-8-7-9-11-19)36-13-20-12-17(3)24(38-20)33-15-28-21-22(32(5)6)29-26(27)30-23(21)33/h7-11,15-18,20,24H,12-14H2,1-6H3,(H,31,35)(H2,27,29,30)/t17-,18+,20-,24+,39?/m0/s1. The molecule has 0 aliphatic carbocycles. The molecule has 1 fully saturated rings. The van der Waals surface area contributed by atoms with Crippen LogP contribution < -0.4 is 15.7 Å². The normalized spacial score (nSPS) is 21.7. The number of hydrogen-bond acceptors (Lipinski definition) is 10. The average molecular weight is 560 g/mol. The highest BCUT2D eigenvalue weighted by Crippen LogP contribution is 2.48. The van der Waals surface area contributed by atoms with E-state index < -0.39 is 19.5 Å². The number of nitrogens with one attached hydrogen (secondary N) is 1. The zero-order chi connectivity index (χ0) is 28.3. The predicted molar refractivity (Wildman–Crippen MR) is 149 cm³/mol. The van der Waals surface area contributed by atoms with Crippen LogP contribution >= 0.6 is 7.52 Å². The van der Waals surface area contributed by atoms with E-state index in [9.17, 15) is 9.36 Å². The van der Waals surface area contributed by atoms with E-state index in [0.717, 1.165) is 5.56 Å². The minimum absolute atomic E-state index is 0.0800. The molecule has 5 atom stereocenters. The Hall–Kier alpha value is -3.05. The van der Waals surface area contributed by atoms with Gasteiger partial charge < -0.3 is 24.6 Å². The highest BCUT2D eigenvalue weighted by atomic mass is 31.2. The van der Waals surface area contributed by atoms with Crippen molar-refractivity contribution in [3.8, 4) is 0 Å². The van der Waals surface area contributed by atoms with Crippen molar-refractivity contribution in [2.75, 3.05) is 31.3 Å². The quantitative estimate of drug-likeness (QED) is 0.262. The summed E-state index contributed by atoms with van der Waals surface area (Å²) in [5, 5.41) is 2.92. The van der Waals surface area contributed by atoms with Gasteiger partial charge >= 0.3 is 5.97 Å². The summed E-state index contributed by atoms with van der Waals surface area (Å²) < 4.78 is 33.6. The van der Waals surface area contributed by atoms with E-state index in [2.05, 4.69) is 27.0 Å². The Morgan fingerprint density at radius 3 is 2.64 bits per heavy atom. The van der Waals surface area contributed by atoms with Gasteiger partial charge in [0.2, 0.25) is 5.95 Å². The minimum atomic E-state index is -3.50. The van der Waals surface area contributed by atoms with Gasteiger partial charge in [0.1, 0.15) is 12.3 Å². The van der Waals surface area contributed by atoms with Gasteiger partial charge in [-0.3, -0.25) is 13.9 Å². The van der Waals surface area contributed by atoms with E-state index in [4.69, 9.17) is 19.7 Å². The SMILES string of the molecule is CC(C)OC(=O)[C@@H](C)NP(=O)(Cc1ccccc1)OC[C@@H]1C[C@H](C)[C@H](n2cnc3c(N(C)C)nc(N)nc32)O1. The molecule has 212 valence electrons. The van der Waals surface area contributed by atoms with E-state index >= 15 is 0 Å². The van der Waals surface area contributed by atoms with Crippen molar-refractivity contribution in [2.45, 2.75) is 64.8 Å². The van der Waals surface area contributed by atoms with Crippen LogP contribution in [0.15, 0.2) is 36.7 Å². The molecule has 3 heterocycles. The third kappa shape index (κ3) is 6.94. The molecule has 3 N–H and O–H groups in total. The van der Waals surface area contributed by atoms with Gasteiger partial charge in [-0.15, -0.1) is 0 Å². The van der Waals surface area contributed by atoms with Crippen LogP contribution in [0.3, 0.4) is 0 Å². The number of nitrogens with zero attached hydrogens (tertiary/aromatic N) is 5. The fourth-order valence-electron chi connectivity index (χ4n) is 4.62. The number of carbonyl (C=O) groups excluding carboxylic acids is 1. The molecule has 39 heavy (non-hydrogen) atoms. The first-order chi connectivity index (χ1) is 18.5. The molecule has 1 aromatic carbocycles. The molecule has 1 saturated heterocycles. The van der Waals surface area contributed by atoms with E-state index in [0.29, 0.717) is 23.4 Å². The van der Waals surface area contributed by atoms with Crippen LogP contribution in [0.1, 0.15) is 45.9 Å². The molecule has 4 rings (SSSR count). The number of fused-ring (bicyclic) bond motifs is 1. The van der Waals surface area contributed by atoms with Gasteiger partial charge in [0.05, 0.1) is 31.3 Å². The fourth-order valence-corrected chi connectivity index (χ4v) is 6.67. The third-order valence-corrected chi connectivity index (χ3v) is 8.50. The first kappa shape index (κ1) is 28.9. The number of benzene rings is 1. The molecule has 0 spiro atoms. The van der Waals surface area contributed by atoms with Crippen molar-refractivity contribution in [3.63, 3.8) is 0 Å².